The number of carbonyl (C=O) groups excluding carboxylic acids is 2. The van der Waals surface area contributed by atoms with E-state index in [1.165, 1.54) is 4.90 Å². The van der Waals surface area contributed by atoms with Gasteiger partial charge in [-0.2, -0.15) is 0 Å². The summed E-state index contributed by atoms with van der Waals surface area (Å²) in [4.78, 5) is 26.8. The first-order chi connectivity index (χ1) is 11.8. The molecule has 0 N–H and O–H groups in total. The van der Waals surface area contributed by atoms with Gasteiger partial charge in [-0.15, -0.1) is 0 Å². The lowest BCUT2D eigenvalue weighted by Gasteiger charge is -2.15. The Morgan fingerprint density at radius 1 is 0.667 bits per heavy atom. The second kappa shape index (κ2) is 4.55. The maximum Gasteiger partial charge on any atom is 0.266 e. The lowest BCUT2D eigenvalue weighted by atomic mass is 10.1. The van der Waals surface area contributed by atoms with Crippen LogP contribution in [0.4, 0.5) is 5.69 Å². The molecule has 4 heteroatoms. The van der Waals surface area contributed by atoms with Gasteiger partial charge in [-0.1, -0.05) is 36.4 Å². The maximum atomic E-state index is 12.8. The van der Waals surface area contributed by atoms with Gasteiger partial charge >= 0.3 is 0 Å². The van der Waals surface area contributed by atoms with Crippen molar-refractivity contribution in [3.8, 4) is 0 Å². The van der Waals surface area contributed by atoms with E-state index in [9.17, 15) is 9.59 Å². The zero-order valence-corrected chi connectivity index (χ0v) is 12.5. The number of anilines is 1. The summed E-state index contributed by atoms with van der Waals surface area (Å²) in [6, 6.07) is 19.9. The van der Waals surface area contributed by atoms with Crippen molar-refractivity contribution in [1.82, 2.24) is 0 Å². The van der Waals surface area contributed by atoms with E-state index in [-0.39, 0.29) is 11.8 Å². The third-order valence-corrected chi connectivity index (χ3v) is 4.42. The first-order valence-corrected chi connectivity index (χ1v) is 7.64. The first-order valence-electron chi connectivity index (χ1n) is 7.64. The van der Waals surface area contributed by atoms with Gasteiger partial charge < -0.3 is 4.42 Å². The van der Waals surface area contributed by atoms with Crippen LogP contribution in [-0.4, -0.2) is 11.8 Å². The molecule has 2 amide bonds. The van der Waals surface area contributed by atoms with E-state index < -0.39 is 0 Å². The van der Waals surface area contributed by atoms with Crippen LogP contribution in [0.3, 0.4) is 0 Å². The molecule has 0 saturated carbocycles. The standard InChI is InChI=1S/C20H11NO3/c22-19-12-6-1-2-7-13(12)20(23)21(19)15-9-5-11-17-18(15)14-8-3-4-10-16(14)24-17/h1-11H. The second-order valence-corrected chi connectivity index (χ2v) is 5.74. The molecule has 0 spiro atoms. The molecule has 24 heavy (non-hydrogen) atoms. The van der Waals surface area contributed by atoms with E-state index in [1.54, 1.807) is 36.4 Å². The number of benzene rings is 3. The molecular weight excluding hydrogens is 302 g/mol. The molecule has 0 radical (unpaired) electrons. The highest BCUT2D eigenvalue weighted by atomic mass is 16.3. The minimum Gasteiger partial charge on any atom is -0.456 e. The Hall–Kier alpha value is -3.40. The Morgan fingerprint density at radius 2 is 1.29 bits per heavy atom. The van der Waals surface area contributed by atoms with Crippen LogP contribution in [0.5, 0.6) is 0 Å². The van der Waals surface area contributed by atoms with Gasteiger partial charge in [0.25, 0.3) is 11.8 Å². The molecule has 0 unspecified atom stereocenters. The normalized spacial score (nSPS) is 13.9. The number of para-hydroxylation sites is 1. The fourth-order valence-corrected chi connectivity index (χ4v) is 3.35. The van der Waals surface area contributed by atoms with Crippen LogP contribution in [0.1, 0.15) is 20.7 Å². The highest BCUT2D eigenvalue weighted by Gasteiger charge is 2.37. The van der Waals surface area contributed by atoms with Gasteiger partial charge in [-0.25, -0.2) is 4.90 Å². The largest absolute Gasteiger partial charge is 0.456 e. The molecule has 2 heterocycles. The average molecular weight is 313 g/mol. The lowest BCUT2D eigenvalue weighted by molar-refractivity contribution is 0.0926. The van der Waals surface area contributed by atoms with Crippen molar-refractivity contribution in [1.29, 1.82) is 0 Å². The molecule has 0 atom stereocenters. The van der Waals surface area contributed by atoms with Gasteiger partial charge in [-0.3, -0.25) is 9.59 Å². The number of nitrogens with zero attached hydrogens (tertiary/aromatic N) is 1. The first kappa shape index (κ1) is 13.1. The SMILES string of the molecule is O=C1c2ccccc2C(=O)N1c1cccc2oc3ccccc3c12. The Bertz CT molecular complexity index is 1120. The molecule has 1 aliphatic heterocycles. The number of hydrogen-bond acceptors (Lipinski definition) is 3. The number of rotatable bonds is 1. The summed E-state index contributed by atoms with van der Waals surface area (Å²) in [5.74, 6) is -0.596. The molecule has 114 valence electrons. The number of hydrogen-bond donors (Lipinski definition) is 0. The van der Waals surface area contributed by atoms with Gasteiger partial charge in [0.1, 0.15) is 11.2 Å². The van der Waals surface area contributed by atoms with Crippen LogP contribution < -0.4 is 4.90 Å². The Labute approximate surface area is 136 Å². The van der Waals surface area contributed by atoms with Crippen LogP contribution in [-0.2, 0) is 0 Å². The number of fused-ring (bicyclic) bond motifs is 4. The molecule has 3 aromatic carbocycles. The minimum absolute atomic E-state index is 0.298. The molecule has 0 fully saturated rings. The zero-order chi connectivity index (χ0) is 16.3. The van der Waals surface area contributed by atoms with Crippen molar-refractivity contribution in [3.63, 3.8) is 0 Å². The van der Waals surface area contributed by atoms with Gasteiger partial charge in [-0.05, 0) is 30.3 Å². The number of imide groups is 1. The van der Waals surface area contributed by atoms with E-state index in [4.69, 9.17) is 4.42 Å². The fraction of sp³-hybridized carbons (Fsp3) is 0. The number of amides is 2. The minimum atomic E-state index is -0.298. The lowest BCUT2D eigenvalue weighted by Crippen LogP contribution is -2.29. The molecule has 0 aliphatic carbocycles. The zero-order valence-electron chi connectivity index (χ0n) is 12.5. The monoisotopic (exact) mass is 313 g/mol. The van der Waals surface area contributed by atoms with E-state index >= 15 is 0 Å². The van der Waals surface area contributed by atoms with Crippen LogP contribution in [0, 0.1) is 0 Å². The van der Waals surface area contributed by atoms with Crippen LogP contribution in [0.2, 0.25) is 0 Å². The highest BCUT2D eigenvalue weighted by molar-refractivity contribution is 6.36. The Morgan fingerprint density at radius 3 is 2.04 bits per heavy atom. The quantitative estimate of drug-likeness (QED) is 0.490. The van der Waals surface area contributed by atoms with Crippen molar-refractivity contribution >= 4 is 39.4 Å². The summed E-state index contributed by atoms with van der Waals surface area (Å²) in [5.41, 5.74) is 2.82. The van der Waals surface area contributed by atoms with Gasteiger partial charge in [0.15, 0.2) is 0 Å². The second-order valence-electron chi connectivity index (χ2n) is 5.74. The van der Waals surface area contributed by atoms with Crippen LogP contribution in [0.25, 0.3) is 21.9 Å². The third-order valence-electron chi connectivity index (χ3n) is 4.42. The van der Waals surface area contributed by atoms with Gasteiger partial charge in [0, 0.05) is 5.39 Å². The Kier molecular flexibility index (Phi) is 2.48. The number of furan rings is 1. The summed E-state index contributed by atoms with van der Waals surface area (Å²) < 4.78 is 5.85. The van der Waals surface area contributed by atoms with Crippen molar-refractivity contribution < 1.29 is 14.0 Å². The van der Waals surface area contributed by atoms with Crippen LogP contribution >= 0.6 is 0 Å². The van der Waals surface area contributed by atoms with Crippen molar-refractivity contribution in [3.05, 3.63) is 77.9 Å². The smallest absolute Gasteiger partial charge is 0.266 e. The van der Waals surface area contributed by atoms with Crippen molar-refractivity contribution in [2.45, 2.75) is 0 Å². The summed E-state index contributed by atoms with van der Waals surface area (Å²) in [6.07, 6.45) is 0. The summed E-state index contributed by atoms with van der Waals surface area (Å²) in [6.45, 7) is 0. The molecule has 1 aliphatic rings. The van der Waals surface area contributed by atoms with E-state index in [2.05, 4.69) is 0 Å². The molecular formula is C20H11NO3. The third kappa shape index (κ3) is 1.57. The van der Waals surface area contributed by atoms with Crippen molar-refractivity contribution in [2.75, 3.05) is 4.90 Å². The van der Waals surface area contributed by atoms with Crippen LogP contribution in [0.15, 0.2) is 71.1 Å². The summed E-state index contributed by atoms with van der Waals surface area (Å²) in [5, 5.41) is 1.67. The fourth-order valence-electron chi connectivity index (χ4n) is 3.35. The van der Waals surface area contributed by atoms with E-state index in [0.29, 0.717) is 22.4 Å². The molecule has 0 saturated heterocycles. The van der Waals surface area contributed by atoms with E-state index in [1.807, 2.05) is 30.3 Å². The van der Waals surface area contributed by atoms with Gasteiger partial charge in [0.2, 0.25) is 0 Å². The molecule has 4 aromatic rings. The average Bonchev–Trinajstić information content (AvgIpc) is 3.11. The predicted octanol–water partition coefficient (Wildman–Crippen LogP) is 4.39. The molecule has 4 nitrogen and oxygen atoms in total. The molecule has 0 bridgehead atoms. The molecule has 5 rings (SSSR count). The van der Waals surface area contributed by atoms with Gasteiger partial charge in [0.05, 0.1) is 22.2 Å². The Balaban J connectivity index is 1.82. The predicted molar refractivity (Wildman–Crippen MR) is 91.3 cm³/mol. The number of carbonyl (C=O) groups is 2. The topological polar surface area (TPSA) is 50.5 Å². The summed E-state index contributed by atoms with van der Waals surface area (Å²) >= 11 is 0. The van der Waals surface area contributed by atoms with E-state index in [0.717, 1.165) is 16.4 Å². The maximum absolute atomic E-state index is 12.8. The van der Waals surface area contributed by atoms with Crippen molar-refractivity contribution in [2.24, 2.45) is 0 Å². The summed E-state index contributed by atoms with van der Waals surface area (Å²) in [7, 11) is 0. The highest BCUT2D eigenvalue weighted by Crippen LogP contribution is 2.38. The molecule has 1 aromatic heterocycles.